The average Bonchev–Trinajstić information content (AvgIpc) is 2.84. The van der Waals surface area contributed by atoms with Gasteiger partial charge in [0.1, 0.15) is 6.10 Å². The summed E-state index contributed by atoms with van der Waals surface area (Å²) in [7, 11) is 1.45. The second kappa shape index (κ2) is 10.2. The lowest BCUT2D eigenvalue weighted by atomic mass is 9.87. The fourth-order valence-electron chi connectivity index (χ4n) is 4.08. The molecule has 5 heteroatoms. The quantitative estimate of drug-likeness (QED) is 0.375. The first-order chi connectivity index (χ1) is 15.6. The van der Waals surface area contributed by atoms with Crippen molar-refractivity contribution in [3.8, 4) is 5.88 Å². The van der Waals surface area contributed by atoms with Gasteiger partial charge in [0.2, 0.25) is 5.88 Å². The summed E-state index contributed by atoms with van der Waals surface area (Å²) in [5.41, 5.74) is 4.65. The van der Waals surface area contributed by atoms with Crippen molar-refractivity contribution in [2.45, 2.75) is 38.7 Å². The van der Waals surface area contributed by atoms with Crippen LogP contribution >= 0.6 is 0 Å². The van der Waals surface area contributed by atoms with Gasteiger partial charge in [0.15, 0.2) is 0 Å². The van der Waals surface area contributed by atoms with Crippen molar-refractivity contribution in [2.75, 3.05) is 7.11 Å². The van der Waals surface area contributed by atoms with E-state index in [1.807, 2.05) is 55.5 Å². The van der Waals surface area contributed by atoms with Crippen LogP contribution in [0.3, 0.4) is 0 Å². The van der Waals surface area contributed by atoms with Gasteiger partial charge in [-0.2, -0.15) is 0 Å². The Labute approximate surface area is 189 Å². The molecule has 1 aromatic heterocycles. The Morgan fingerprint density at radius 1 is 0.875 bits per heavy atom. The number of carbonyl (C=O) groups is 1. The zero-order valence-electron chi connectivity index (χ0n) is 18.5. The highest BCUT2D eigenvalue weighted by Crippen LogP contribution is 2.29. The zero-order valence-corrected chi connectivity index (χ0v) is 18.5. The third-order valence-electron chi connectivity index (χ3n) is 5.86. The van der Waals surface area contributed by atoms with Crippen molar-refractivity contribution in [1.29, 1.82) is 0 Å². The van der Waals surface area contributed by atoms with E-state index in [-0.39, 0.29) is 18.0 Å². The number of rotatable bonds is 6. The van der Waals surface area contributed by atoms with Crippen molar-refractivity contribution in [1.82, 2.24) is 4.98 Å². The van der Waals surface area contributed by atoms with E-state index < -0.39 is 0 Å². The Hall–Kier alpha value is -3.47. The maximum absolute atomic E-state index is 11.7. The predicted molar refractivity (Wildman–Crippen MR) is 126 cm³/mol. The van der Waals surface area contributed by atoms with Crippen LogP contribution in [0.2, 0.25) is 0 Å². The minimum Gasteiger partial charge on any atom is -0.474 e. The van der Waals surface area contributed by atoms with Gasteiger partial charge in [0.05, 0.1) is 30.1 Å². The largest absolute Gasteiger partial charge is 0.474 e. The van der Waals surface area contributed by atoms with E-state index >= 15 is 0 Å². The molecule has 0 amide bonds. The van der Waals surface area contributed by atoms with Crippen LogP contribution in [-0.4, -0.2) is 29.9 Å². The summed E-state index contributed by atoms with van der Waals surface area (Å²) in [6.45, 7) is 1.95. The minimum absolute atomic E-state index is 0.0133. The summed E-state index contributed by atoms with van der Waals surface area (Å²) in [6, 6.07) is 24.2. The third-order valence-corrected chi connectivity index (χ3v) is 5.86. The van der Waals surface area contributed by atoms with Gasteiger partial charge in [-0.1, -0.05) is 60.7 Å². The molecular formula is C27H28N2O3. The molecule has 1 aliphatic rings. The van der Waals surface area contributed by atoms with Crippen LogP contribution in [-0.2, 0) is 9.53 Å². The Kier molecular flexibility index (Phi) is 6.95. The molecule has 4 rings (SSSR count). The molecule has 3 aromatic rings. The molecule has 1 saturated carbocycles. The minimum atomic E-state index is -0.118. The number of benzene rings is 2. The predicted octanol–water partition coefficient (Wildman–Crippen LogP) is 5.67. The van der Waals surface area contributed by atoms with Gasteiger partial charge in [-0.3, -0.25) is 4.79 Å². The smallest absolute Gasteiger partial charge is 0.308 e. The number of hydrogen-bond acceptors (Lipinski definition) is 5. The first-order valence-corrected chi connectivity index (χ1v) is 11.1. The molecule has 164 valence electrons. The number of hydrogen-bond donors (Lipinski definition) is 0. The summed E-state index contributed by atoms with van der Waals surface area (Å²) in [5.74, 6) is 0.469. The summed E-state index contributed by atoms with van der Waals surface area (Å²) >= 11 is 0. The van der Waals surface area contributed by atoms with Gasteiger partial charge in [-0.05, 0) is 38.7 Å². The molecule has 0 aliphatic heterocycles. The van der Waals surface area contributed by atoms with Crippen LogP contribution in [0.25, 0.3) is 0 Å². The number of aryl methyl sites for hydroxylation is 1. The number of carbonyl (C=O) groups excluding carboxylic acids is 1. The standard InChI is InChI=1S/C27H28N2O3/c1-19-24(29-26(20-9-5-3-6-10-20)21-11-7-4-8-12-21)17-18-25(28-19)32-23-15-13-22(14-16-23)27(30)31-2/h3-12,17-18,22-23H,13-16H2,1-2H3/t22-,23+. The molecule has 0 unspecified atom stereocenters. The molecule has 1 aliphatic carbocycles. The number of ether oxygens (including phenoxy) is 2. The van der Waals surface area contributed by atoms with Gasteiger partial charge < -0.3 is 9.47 Å². The summed E-state index contributed by atoms with van der Waals surface area (Å²) in [6.07, 6.45) is 3.30. The van der Waals surface area contributed by atoms with Crippen LogP contribution in [0.1, 0.15) is 42.5 Å². The Morgan fingerprint density at radius 2 is 1.47 bits per heavy atom. The molecule has 0 atom stereocenters. The van der Waals surface area contributed by atoms with Gasteiger partial charge in [-0.25, -0.2) is 9.98 Å². The zero-order chi connectivity index (χ0) is 22.3. The topological polar surface area (TPSA) is 60.8 Å². The molecule has 2 aromatic carbocycles. The van der Waals surface area contributed by atoms with E-state index in [2.05, 4.69) is 29.2 Å². The fraction of sp³-hybridized carbons (Fsp3) is 0.296. The Bertz CT molecular complexity index is 1030. The first kappa shape index (κ1) is 21.8. The van der Waals surface area contributed by atoms with Crippen molar-refractivity contribution in [3.05, 3.63) is 89.6 Å². The number of esters is 1. The van der Waals surface area contributed by atoms with E-state index in [0.29, 0.717) is 5.88 Å². The number of aliphatic imine (C=N–C) groups is 1. The van der Waals surface area contributed by atoms with Crippen molar-refractivity contribution < 1.29 is 14.3 Å². The summed E-state index contributed by atoms with van der Waals surface area (Å²) in [5, 5.41) is 0. The van der Waals surface area contributed by atoms with Gasteiger partial charge in [-0.15, -0.1) is 0 Å². The van der Waals surface area contributed by atoms with Gasteiger partial charge in [0.25, 0.3) is 0 Å². The average molecular weight is 429 g/mol. The highest BCUT2D eigenvalue weighted by atomic mass is 16.5. The monoisotopic (exact) mass is 428 g/mol. The van der Waals surface area contributed by atoms with Crippen molar-refractivity contribution in [2.24, 2.45) is 10.9 Å². The lowest BCUT2D eigenvalue weighted by Crippen LogP contribution is -2.28. The molecule has 0 saturated heterocycles. The Morgan fingerprint density at radius 3 is 2.00 bits per heavy atom. The molecule has 0 spiro atoms. The molecular weight excluding hydrogens is 400 g/mol. The van der Waals surface area contributed by atoms with Crippen LogP contribution in [0, 0.1) is 12.8 Å². The molecule has 0 N–H and O–H groups in total. The van der Waals surface area contributed by atoms with Crippen LogP contribution in [0.5, 0.6) is 5.88 Å². The summed E-state index contributed by atoms with van der Waals surface area (Å²) < 4.78 is 11.0. The first-order valence-electron chi connectivity index (χ1n) is 11.1. The van der Waals surface area contributed by atoms with Crippen LogP contribution in [0.4, 0.5) is 5.69 Å². The molecule has 5 nitrogen and oxygen atoms in total. The maximum atomic E-state index is 11.7. The highest BCUT2D eigenvalue weighted by Gasteiger charge is 2.28. The lowest BCUT2D eigenvalue weighted by molar-refractivity contribution is -0.147. The van der Waals surface area contributed by atoms with Gasteiger partial charge in [0, 0.05) is 17.2 Å². The molecule has 0 bridgehead atoms. The van der Waals surface area contributed by atoms with Crippen molar-refractivity contribution in [3.63, 3.8) is 0 Å². The number of aromatic nitrogens is 1. The lowest BCUT2D eigenvalue weighted by Gasteiger charge is -2.27. The Balaban J connectivity index is 1.52. The van der Waals surface area contributed by atoms with E-state index in [1.54, 1.807) is 0 Å². The number of nitrogens with zero attached hydrogens (tertiary/aromatic N) is 2. The number of methoxy groups -OCH3 is 1. The summed E-state index contributed by atoms with van der Waals surface area (Å²) in [4.78, 5) is 21.3. The van der Waals surface area contributed by atoms with Crippen molar-refractivity contribution >= 4 is 17.4 Å². The third kappa shape index (κ3) is 5.22. The normalized spacial score (nSPS) is 17.9. The van der Waals surface area contributed by atoms with E-state index in [4.69, 9.17) is 14.5 Å². The molecule has 32 heavy (non-hydrogen) atoms. The SMILES string of the molecule is COC(=O)[C@H]1CC[C@@H](Oc2ccc(N=C(c3ccccc3)c3ccccc3)c(C)n2)CC1. The molecule has 1 heterocycles. The van der Waals surface area contributed by atoms with Crippen LogP contribution in [0.15, 0.2) is 77.8 Å². The van der Waals surface area contributed by atoms with E-state index in [1.165, 1.54) is 7.11 Å². The fourth-order valence-corrected chi connectivity index (χ4v) is 4.08. The van der Waals surface area contributed by atoms with E-state index in [0.717, 1.165) is 53.9 Å². The van der Waals surface area contributed by atoms with Gasteiger partial charge >= 0.3 is 5.97 Å². The molecule has 0 radical (unpaired) electrons. The molecule has 1 fully saturated rings. The van der Waals surface area contributed by atoms with Crippen LogP contribution < -0.4 is 4.74 Å². The maximum Gasteiger partial charge on any atom is 0.308 e. The second-order valence-corrected chi connectivity index (χ2v) is 8.06. The van der Waals surface area contributed by atoms with E-state index in [9.17, 15) is 4.79 Å². The highest BCUT2D eigenvalue weighted by molar-refractivity contribution is 6.14. The number of pyridine rings is 1. The second-order valence-electron chi connectivity index (χ2n) is 8.06.